The van der Waals surface area contributed by atoms with E-state index in [0.717, 1.165) is 36.7 Å². The zero-order valence-corrected chi connectivity index (χ0v) is 12.5. The second-order valence-corrected chi connectivity index (χ2v) is 5.82. The summed E-state index contributed by atoms with van der Waals surface area (Å²) in [7, 11) is 0. The van der Waals surface area contributed by atoms with Gasteiger partial charge in [0, 0.05) is 24.1 Å². The predicted molar refractivity (Wildman–Crippen MR) is 82.4 cm³/mol. The van der Waals surface area contributed by atoms with E-state index in [1.807, 2.05) is 13.8 Å². The number of halogens is 2. The Labute approximate surface area is 128 Å². The van der Waals surface area contributed by atoms with Crippen LogP contribution < -0.4 is 10.6 Å². The Morgan fingerprint density at radius 2 is 1.91 bits per heavy atom. The highest BCUT2D eigenvalue weighted by Gasteiger charge is 2.26. The largest absolute Gasteiger partial charge is 0.352 e. The van der Waals surface area contributed by atoms with Gasteiger partial charge in [-0.05, 0) is 38.8 Å². The van der Waals surface area contributed by atoms with Gasteiger partial charge in [0.2, 0.25) is 5.95 Å². The van der Waals surface area contributed by atoms with E-state index in [1.54, 1.807) is 6.07 Å². The molecular weight excluding hydrogens is 286 g/mol. The summed E-state index contributed by atoms with van der Waals surface area (Å²) in [6.07, 6.45) is 2.21. The summed E-state index contributed by atoms with van der Waals surface area (Å²) in [6.45, 7) is 3.99. The molecule has 1 aliphatic rings. The summed E-state index contributed by atoms with van der Waals surface area (Å²) < 4.78 is 27.0. The number of hydrogen-bond donors (Lipinski definition) is 2. The van der Waals surface area contributed by atoms with Crippen LogP contribution in [0.2, 0.25) is 0 Å². The van der Waals surface area contributed by atoms with Crippen LogP contribution in [-0.2, 0) is 0 Å². The van der Waals surface area contributed by atoms with E-state index in [1.165, 1.54) is 0 Å². The minimum Gasteiger partial charge on any atom is -0.352 e. The van der Waals surface area contributed by atoms with Gasteiger partial charge in [-0.3, -0.25) is 0 Å². The van der Waals surface area contributed by atoms with Crippen molar-refractivity contribution in [1.29, 1.82) is 0 Å². The molecule has 1 aromatic carbocycles. The van der Waals surface area contributed by atoms with Gasteiger partial charge in [-0.25, -0.2) is 13.8 Å². The van der Waals surface area contributed by atoms with E-state index in [0.29, 0.717) is 17.7 Å². The lowest BCUT2D eigenvalue weighted by atomic mass is 10.2. The third kappa shape index (κ3) is 3.50. The van der Waals surface area contributed by atoms with Gasteiger partial charge in [0.05, 0.1) is 11.4 Å². The first-order valence-corrected chi connectivity index (χ1v) is 7.39. The lowest BCUT2D eigenvalue weighted by Gasteiger charge is -2.13. The Morgan fingerprint density at radius 1 is 1.14 bits per heavy atom. The van der Waals surface area contributed by atoms with Gasteiger partial charge in [-0.1, -0.05) is 0 Å². The van der Waals surface area contributed by atoms with Crippen LogP contribution in [0.25, 0.3) is 0 Å². The van der Waals surface area contributed by atoms with Crippen molar-refractivity contribution in [2.24, 2.45) is 0 Å². The zero-order chi connectivity index (χ0) is 15.7. The number of benzene rings is 1. The molecule has 0 amide bonds. The quantitative estimate of drug-likeness (QED) is 0.869. The molecule has 0 atom stereocenters. The second kappa shape index (κ2) is 5.87. The Balaban J connectivity index is 1.91. The Morgan fingerprint density at radius 3 is 2.59 bits per heavy atom. The summed E-state index contributed by atoms with van der Waals surface area (Å²) >= 11 is 0. The SMILES string of the molecule is CC(C)Nc1nc(Nc2cc(F)ccc2F)cc(C2CC2)n1. The summed E-state index contributed by atoms with van der Waals surface area (Å²) in [5, 5.41) is 5.99. The minimum atomic E-state index is -0.522. The van der Waals surface area contributed by atoms with Crippen molar-refractivity contribution in [3.05, 3.63) is 41.6 Å². The van der Waals surface area contributed by atoms with Gasteiger partial charge in [-0.15, -0.1) is 0 Å². The van der Waals surface area contributed by atoms with Gasteiger partial charge in [0.25, 0.3) is 0 Å². The first-order valence-electron chi connectivity index (χ1n) is 7.39. The molecule has 1 heterocycles. The van der Waals surface area contributed by atoms with Crippen molar-refractivity contribution in [1.82, 2.24) is 9.97 Å². The third-order valence-corrected chi connectivity index (χ3v) is 3.35. The highest BCUT2D eigenvalue weighted by Crippen LogP contribution is 2.40. The molecule has 0 radical (unpaired) electrons. The predicted octanol–water partition coefficient (Wildman–Crippen LogP) is 4.20. The molecule has 4 nitrogen and oxygen atoms in total. The molecular formula is C16H18F2N4. The number of nitrogens with zero attached hydrogens (tertiary/aromatic N) is 2. The Hall–Kier alpha value is -2.24. The summed E-state index contributed by atoms with van der Waals surface area (Å²) in [4.78, 5) is 8.81. The maximum Gasteiger partial charge on any atom is 0.225 e. The highest BCUT2D eigenvalue weighted by atomic mass is 19.1. The van der Waals surface area contributed by atoms with Crippen LogP contribution in [0.3, 0.4) is 0 Å². The molecule has 0 bridgehead atoms. The summed E-state index contributed by atoms with van der Waals surface area (Å²) in [5.41, 5.74) is 0.994. The van der Waals surface area contributed by atoms with Crippen molar-refractivity contribution < 1.29 is 8.78 Å². The molecule has 1 fully saturated rings. The zero-order valence-electron chi connectivity index (χ0n) is 12.5. The van der Waals surface area contributed by atoms with Crippen LogP contribution in [-0.4, -0.2) is 16.0 Å². The van der Waals surface area contributed by atoms with E-state index in [9.17, 15) is 8.78 Å². The van der Waals surface area contributed by atoms with Crippen LogP contribution in [0.5, 0.6) is 0 Å². The van der Waals surface area contributed by atoms with Crippen molar-refractivity contribution in [3.8, 4) is 0 Å². The molecule has 0 spiro atoms. The number of anilines is 3. The fourth-order valence-electron chi connectivity index (χ4n) is 2.17. The molecule has 0 unspecified atom stereocenters. The maximum atomic E-state index is 13.7. The molecule has 116 valence electrons. The Kier molecular flexibility index (Phi) is 3.92. The van der Waals surface area contributed by atoms with Crippen LogP contribution in [0.4, 0.5) is 26.2 Å². The number of hydrogen-bond acceptors (Lipinski definition) is 4. The molecule has 22 heavy (non-hydrogen) atoms. The maximum absolute atomic E-state index is 13.7. The third-order valence-electron chi connectivity index (χ3n) is 3.35. The topological polar surface area (TPSA) is 49.8 Å². The molecule has 1 saturated carbocycles. The van der Waals surface area contributed by atoms with Crippen molar-refractivity contribution in [2.75, 3.05) is 10.6 Å². The van der Waals surface area contributed by atoms with Crippen molar-refractivity contribution in [2.45, 2.75) is 38.6 Å². The lowest BCUT2D eigenvalue weighted by molar-refractivity contribution is 0.603. The molecule has 6 heteroatoms. The smallest absolute Gasteiger partial charge is 0.225 e. The van der Waals surface area contributed by atoms with E-state index in [-0.39, 0.29) is 11.7 Å². The molecule has 1 aliphatic carbocycles. The number of nitrogens with one attached hydrogen (secondary N) is 2. The van der Waals surface area contributed by atoms with E-state index in [4.69, 9.17) is 0 Å². The van der Waals surface area contributed by atoms with Crippen molar-refractivity contribution >= 4 is 17.5 Å². The van der Waals surface area contributed by atoms with Gasteiger partial charge in [-0.2, -0.15) is 4.98 Å². The molecule has 2 N–H and O–H groups in total. The summed E-state index contributed by atoms with van der Waals surface area (Å²) in [5.74, 6) is 0.379. The minimum absolute atomic E-state index is 0.0657. The van der Waals surface area contributed by atoms with Gasteiger partial charge in [0.15, 0.2) is 0 Å². The lowest BCUT2D eigenvalue weighted by Crippen LogP contribution is -2.14. The highest BCUT2D eigenvalue weighted by molar-refractivity contribution is 5.58. The van der Waals surface area contributed by atoms with E-state index in [2.05, 4.69) is 20.6 Å². The number of rotatable bonds is 5. The molecule has 1 aromatic heterocycles. The Bertz CT molecular complexity index is 684. The molecule has 0 aliphatic heterocycles. The molecule has 0 saturated heterocycles. The first kappa shape index (κ1) is 14.7. The average molecular weight is 304 g/mol. The molecule has 3 rings (SSSR count). The summed E-state index contributed by atoms with van der Waals surface area (Å²) in [6, 6.07) is 5.28. The van der Waals surface area contributed by atoms with Crippen LogP contribution in [0.15, 0.2) is 24.3 Å². The van der Waals surface area contributed by atoms with Crippen LogP contribution in [0, 0.1) is 11.6 Å². The fourth-order valence-corrected chi connectivity index (χ4v) is 2.17. The number of aromatic nitrogens is 2. The first-order chi connectivity index (χ1) is 10.5. The van der Waals surface area contributed by atoms with Gasteiger partial charge >= 0.3 is 0 Å². The second-order valence-electron chi connectivity index (χ2n) is 5.82. The van der Waals surface area contributed by atoms with E-state index < -0.39 is 11.6 Å². The van der Waals surface area contributed by atoms with Gasteiger partial charge < -0.3 is 10.6 Å². The van der Waals surface area contributed by atoms with Crippen LogP contribution in [0.1, 0.15) is 38.3 Å². The van der Waals surface area contributed by atoms with E-state index >= 15 is 0 Å². The van der Waals surface area contributed by atoms with Crippen molar-refractivity contribution in [3.63, 3.8) is 0 Å². The van der Waals surface area contributed by atoms with Gasteiger partial charge in [0.1, 0.15) is 17.5 Å². The standard InChI is InChI=1S/C16H18F2N4/c1-9(2)19-16-21-13(10-3-4-10)8-15(22-16)20-14-7-11(17)5-6-12(14)18/h5-10H,3-4H2,1-2H3,(H2,19,20,21,22). The molecule has 2 aromatic rings. The monoisotopic (exact) mass is 304 g/mol. The normalized spacial score (nSPS) is 14.2. The fraction of sp³-hybridized carbons (Fsp3) is 0.375. The van der Waals surface area contributed by atoms with Crippen LogP contribution >= 0.6 is 0 Å². The average Bonchev–Trinajstić information content (AvgIpc) is 3.26.